The van der Waals surface area contributed by atoms with Gasteiger partial charge in [0.1, 0.15) is 12.5 Å². The van der Waals surface area contributed by atoms with Gasteiger partial charge in [-0.3, -0.25) is 5.73 Å². The molecule has 0 atom stereocenters. The standard InChI is InChI=1S/C7H9NOS/c8-5-9-6-3-1-2-4-7(6)10/h1-4,10H,5,8H2. The normalized spacial score (nSPS) is 9.40. The van der Waals surface area contributed by atoms with Gasteiger partial charge in [0.15, 0.2) is 0 Å². The molecule has 0 fully saturated rings. The maximum Gasteiger partial charge on any atom is 0.137 e. The van der Waals surface area contributed by atoms with Crippen LogP contribution in [0, 0.1) is 0 Å². The zero-order chi connectivity index (χ0) is 7.40. The largest absolute Gasteiger partial charge is 0.477 e. The van der Waals surface area contributed by atoms with Gasteiger partial charge in [-0.05, 0) is 12.1 Å². The topological polar surface area (TPSA) is 35.2 Å². The Morgan fingerprint density at radius 2 is 2.10 bits per heavy atom. The summed E-state index contributed by atoms with van der Waals surface area (Å²) in [5.74, 6) is 0.730. The van der Waals surface area contributed by atoms with E-state index < -0.39 is 0 Å². The smallest absolute Gasteiger partial charge is 0.137 e. The minimum Gasteiger partial charge on any atom is -0.477 e. The molecule has 0 heterocycles. The molecule has 0 saturated carbocycles. The van der Waals surface area contributed by atoms with E-state index in [0.717, 1.165) is 10.6 Å². The van der Waals surface area contributed by atoms with Crippen LogP contribution in [0.25, 0.3) is 0 Å². The average molecular weight is 155 g/mol. The Balaban J connectivity index is 2.81. The molecule has 0 unspecified atom stereocenters. The molecule has 0 aliphatic heterocycles. The summed E-state index contributed by atoms with van der Waals surface area (Å²) in [6.07, 6.45) is 0. The van der Waals surface area contributed by atoms with Crippen LogP contribution in [-0.4, -0.2) is 6.73 Å². The second kappa shape index (κ2) is 3.49. The van der Waals surface area contributed by atoms with Crippen molar-refractivity contribution in [2.24, 2.45) is 5.73 Å². The lowest BCUT2D eigenvalue weighted by Gasteiger charge is -2.03. The second-order valence-electron chi connectivity index (χ2n) is 1.78. The maximum atomic E-state index is 5.17. The Morgan fingerprint density at radius 3 is 2.70 bits per heavy atom. The van der Waals surface area contributed by atoms with Gasteiger partial charge < -0.3 is 4.74 Å². The molecule has 0 aliphatic rings. The van der Waals surface area contributed by atoms with Gasteiger partial charge in [-0.2, -0.15) is 0 Å². The number of hydrogen-bond donors (Lipinski definition) is 2. The summed E-state index contributed by atoms with van der Waals surface area (Å²) in [5, 5.41) is 0. The fourth-order valence-corrected chi connectivity index (χ4v) is 0.894. The monoisotopic (exact) mass is 155 g/mol. The van der Waals surface area contributed by atoms with Gasteiger partial charge in [0, 0.05) is 4.90 Å². The van der Waals surface area contributed by atoms with Crippen molar-refractivity contribution in [2.45, 2.75) is 4.90 Å². The molecule has 0 bridgehead atoms. The number of benzene rings is 1. The zero-order valence-corrected chi connectivity index (χ0v) is 6.34. The minimum absolute atomic E-state index is 0.192. The van der Waals surface area contributed by atoms with Gasteiger partial charge in [0.05, 0.1) is 0 Å². The molecule has 0 radical (unpaired) electrons. The highest BCUT2D eigenvalue weighted by atomic mass is 32.1. The predicted octanol–water partition coefficient (Wildman–Crippen LogP) is 1.27. The lowest BCUT2D eigenvalue weighted by Crippen LogP contribution is -2.07. The minimum atomic E-state index is 0.192. The first kappa shape index (κ1) is 7.44. The molecule has 0 saturated heterocycles. The summed E-state index contributed by atoms with van der Waals surface area (Å²) in [4.78, 5) is 0.813. The van der Waals surface area contributed by atoms with Crippen molar-refractivity contribution in [3.8, 4) is 5.75 Å². The number of nitrogens with two attached hydrogens (primary N) is 1. The first-order valence-electron chi connectivity index (χ1n) is 2.95. The molecule has 3 heteroatoms. The van der Waals surface area contributed by atoms with Gasteiger partial charge in [-0.1, -0.05) is 12.1 Å². The van der Waals surface area contributed by atoms with Gasteiger partial charge in [0.25, 0.3) is 0 Å². The third-order valence-corrected chi connectivity index (χ3v) is 1.47. The van der Waals surface area contributed by atoms with E-state index in [4.69, 9.17) is 10.5 Å². The highest BCUT2D eigenvalue weighted by Gasteiger charge is 1.94. The van der Waals surface area contributed by atoms with Crippen molar-refractivity contribution in [1.29, 1.82) is 0 Å². The van der Waals surface area contributed by atoms with Gasteiger partial charge >= 0.3 is 0 Å². The summed E-state index contributed by atoms with van der Waals surface area (Å²) < 4.78 is 5.04. The van der Waals surface area contributed by atoms with Crippen molar-refractivity contribution in [3.63, 3.8) is 0 Å². The van der Waals surface area contributed by atoms with Crippen molar-refractivity contribution in [1.82, 2.24) is 0 Å². The summed E-state index contributed by atoms with van der Waals surface area (Å²) >= 11 is 4.15. The SMILES string of the molecule is NCOc1ccccc1S. The highest BCUT2D eigenvalue weighted by molar-refractivity contribution is 7.80. The lowest BCUT2D eigenvalue weighted by molar-refractivity contribution is 0.322. The van der Waals surface area contributed by atoms with Crippen molar-refractivity contribution >= 4 is 12.6 Å². The van der Waals surface area contributed by atoms with Crippen molar-refractivity contribution in [3.05, 3.63) is 24.3 Å². The van der Waals surface area contributed by atoms with Crippen LogP contribution in [0.15, 0.2) is 29.2 Å². The molecule has 1 aromatic rings. The maximum absolute atomic E-state index is 5.17. The van der Waals surface area contributed by atoms with E-state index in [1.165, 1.54) is 0 Å². The van der Waals surface area contributed by atoms with Crippen LogP contribution in [0.5, 0.6) is 5.75 Å². The fourth-order valence-electron chi connectivity index (χ4n) is 0.669. The number of ether oxygens (including phenoxy) is 1. The Labute approximate surface area is 65.4 Å². The van der Waals surface area contributed by atoms with Crippen LogP contribution in [0.3, 0.4) is 0 Å². The van der Waals surface area contributed by atoms with Gasteiger partial charge in [-0.25, -0.2) is 0 Å². The van der Waals surface area contributed by atoms with E-state index in [0.29, 0.717) is 0 Å². The number of hydrogen-bond acceptors (Lipinski definition) is 3. The van der Waals surface area contributed by atoms with Crippen LogP contribution >= 0.6 is 12.6 Å². The number of thiol groups is 1. The molecule has 54 valence electrons. The van der Waals surface area contributed by atoms with Gasteiger partial charge in [-0.15, -0.1) is 12.6 Å². The second-order valence-corrected chi connectivity index (χ2v) is 2.26. The molecule has 0 spiro atoms. The Bertz CT molecular complexity index is 215. The molecule has 2 N–H and O–H groups in total. The first-order valence-corrected chi connectivity index (χ1v) is 3.40. The molecule has 0 aromatic heterocycles. The fraction of sp³-hybridized carbons (Fsp3) is 0.143. The molecular formula is C7H9NOS. The van der Waals surface area contributed by atoms with Crippen LogP contribution in [0.2, 0.25) is 0 Å². The van der Waals surface area contributed by atoms with E-state index >= 15 is 0 Å². The molecule has 1 rings (SSSR count). The summed E-state index contributed by atoms with van der Waals surface area (Å²) in [6.45, 7) is 0.192. The Morgan fingerprint density at radius 1 is 1.40 bits per heavy atom. The highest BCUT2D eigenvalue weighted by Crippen LogP contribution is 2.20. The summed E-state index contributed by atoms with van der Waals surface area (Å²) in [7, 11) is 0. The van der Waals surface area contributed by atoms with Crippen molar-refractivity contribution in [2.75, 3.05) is 6.73 Å². The average Bonchev–Trinajstić information content (AvgIpc) is 1.94. The number of rotatable bonds is 2. The van der Waals surface area contributed by atoms with E-state index in [1.807, 2.05) is 24.3 Å². The molecule has 0 amide bonds. The zero-order valence-electron chi connectivity index (χ0n) is 5.45. The predicted molar refractivity (Wildman–Crippen MR) is 43.4 cm³/mol. The summed E-state index contributed by atoms with van der Waals surface area (Å²) in [5.41, 5.74) is 5.17. The van der Waals surface area contributed by atoms with E-state index in [1.54, 1.807) is 0 Å². The first-order chi connectivity index (χ1) is 4.84. The quantitative estimate of drug-likeness (QED) is 0.498. The Hall–Kier alpha value is -0.670. The van der Waals surface area contributed by atoms with Crippen LogP contribution < -0.4 is 10.5 Å². The summed E-state index contributed by atoms with van der Waals surface area (Å²) in [6, 6.07) is 7.46. The van der Waals surface area contributed by atoms with Gasteiger partial charge in [0.2, 0.25) is 0 Å². The molecule has 2 nitrogen and oxygen atoms in total. The van der Waals surface area contributed by atoms with E-state index in [9.17, 15) is 0 Å². The van der Waals surface area contributed by atoms with Crippen LogP contribution in [-0.2, 0) is 0 Å². The molecule has 0 aliphatic carbocycles. The third-order valence-electron chi connectivity index (χ3n) is 1.10. The Kier molecular flexibility index (Phi) is 2.59. The third kappa shape index (κ3) is 1.65. The number of para-hydroxylation sites is 1. The van der Waals surface area contributed by atoms with E-state index in [-0.39, 0.29) is 6.73 Å². The van der Waals surface area contributed by atoms with Crippen molar-refractivity contribution < 1.29 is 4.74 Å². The molecular weight excluding hydrogens is 146 g/mol. The van der Waals surface area contributed by atoms with Crippen LogP contribution in [0.1, 0.15) is 0 Å². The molecule has 1 aromatic carbocycles. The van der Waals surface area contributed by atoms with Crippen LogP contribution in [0.4, 0.5) is 0 Å². The van der Waals surface area contributed by atoms with E-state index in [2.05, 4.69) is 12.6 Å². The molecule has 10 heavy (non-hydrogen) atoms. The lowest BCUT2D eigenvalue weighted by atomic mass is 10.3.